The van der Waals surface area contributed by atoms with Gasteiger partial charge in [-0.1, -0.05) is 6.07 Å². The first-order valence-electron chi connectivity index (χ1n) is 6.51. The van der Waals surface area contributed by atoms with Crippen LogP contribution in [0.3, 0.4) is 0 Å². The van der Waals surface area contributed by atoms with Gasteiger partial charge in [0, 0.05) is 22.8 Å². The van der Waals surface area contributed by atoms with Crippen LogP contribution in [0.15, 0.2) is 40.9 Å². The molecule has 0 aliphatic rings. The zero-order valence-electron chi connectivity index (χ0n) is 12.2. The van der Waals surface area contributed by atoms with Gasteiger partial charge in [-0.15, -0.1) is 0 Å². The monoisotopic (exact) mass is 331 g/mol. The molecule has 0 N–H and O–H groups in total. The number of hydrogen-bond acceptors (Lipinski definition) is 2. The number of Topliss-reactive ketones (excluding diaryl/α,β-unsaturated/α-hetero) is 1. The van der Waals surface area contributed by atoms with E-state index in [-0.39, 0.29) is 5.78 Å². The fourth-order valence-electron chi connectivity index (χ4n) is 2.28. The van der Waals surface area contributed by atoms with Gasteiger partial charge in [0.05, 0.1) is 5.69 Å². The lowest BCUT2D eigenvalue weighted by atomic mass is 10.1. The van der Waals surface area contributed by atoms with Crippen LogP contribution in [0.25, 0.3) is 0 Å². The smallest absolute Gasteiger partial charge is 0.159 e. The SMILES string of the molecule is CC(=O)c1ccc(N(C)c2cc(C)cc(C)c2)c(Br)c1. The molecule has 0 aromatic heterocycles. The Morgan fingerprint density at radius 1 is 1.05 bits per heavy atom. The summed E-state index contributed by atoms with van der Waals surface area (Å²) in [4.78, 5) is 13.5. The standard InChI is InChI=1S/C17H18BrNO/c1-11-7-12(2)9-15(8-11)19(4)17-6-5-14(13(3)20)10-16(17)18/h5-10H,1-4H3. The molecule has 0 saturated carbocycles. The Labute approximate surface area is 128 Å². The van der Waals surface area contributed by atoms with Crippen molar-refractivity contribution in [1.29, 1.82) is 0 Å². The van der Waals surface area contributed by atoms with Crippen LogP contribution in [0, 0.1) is 13.8 Å². The second-order valence-electron chi connectivity index (χ2n) is 5.13. The van der Waals surface area contributed by atoms with Crippen LogP contribution in [0.5, 0.6) is 0 Å². The second-order valence-corrected chi connectivity index (χ2v) is 5.98. The summed E-state index contributed by atoms with van der Waals surface area (Å²) in [6, 6.07) is 12.2. The normalized spacial score (nSPS) is 10.4. The van der Waals surface area contributed by atoms with Crippen molar-refractivity contribution in [1.82, 2.24) is 0 Å². The molecule has 0 aliphatic carbocycles. The molecule has 20 heavy (non-hydrogen) atoms. The number of halogens is 1. The number of hydrogen-bond donors (Lipinski definition) is 0. The van der Waals surface area contributed by atoms with Gasteiger partial charge in [0.25, 0.3) is 0 Å². The van der Waals surface area contributed by atoms with Crippen molar-refractivity contribution in [3.8, 4) is 0 Å². The van der Waals surface area contributed by atoms with Gasteiger partial charge in [0.15, 0.2) is 5.78 Å². The highest BCUT2D eigenvalue weighted by Crippen LogP contribution is 2.32. The maximum absolute atomic E-state index is 11.4. The lowest BCUT2D eigenvalue weighted by Crippen LogP contribution is -2.11. The molecule has 0 unspecified atom stereocenters. The topological polar surface area (TPSA) is 20.3 Å². The fraction of sp³-hybridized carbons (Fsp3) is 0.235. The largest absolute Gasteiger partial charge is 0.344 e. The van der Waals surface area contributed by atoms with E-state index < -0.39 is 0 Å². The van der Waals surface area contributed by atoms with Crippen LogP contribution in [0.4, 0.5) is 11.4 Å². The van der Waals surface area contributed by atoms with Crippen LogP contribution < -0.4 is 4.90 Å². The van der Waals surface area contributed by atoms with Crippen molar-refractivity contribution in [2.45, 2.75) is 20.8 Å². The van der Waals surface area contributed by atoms with Gasteiger partial charge >= 0.3 is 0 Å². The molecule has 0 fully saturated rings. The van der Waals surface area contributed by atoms with E-state index in [1.807, 2.05) is 25.2 Å². The average molecular weight is 332 g/mol. The van der Waals surface area contributed by atoms with Crippen molar-refractivity contribution < 1.29 is 4.79 Å². The van der Waals surface area contributed by atoms with E-state index in [0.717, 1.165) is 21.4 Å². The molecule has 104 valence electrons. The number of aryl methyl sites for hydroxylation is 2. The molecular weight excluding hydrogens is 314 g/mol. The van der Waals surface area contributed by atoms with Crippen molar-refractivity contribution >= 4 is 33.1 Å². The van der Waals surface area contributed by atoms with E-state index in [4.69, 9.17) is 0 Å². The van der Waals surface area contributed by atoms with Gasteiger partial charge in [-0.3, -0.25) is 4.79 Å². The van der Waals surface area contributed by atoms with Gasteiger partial charge < -0.3 is 4.90 Å². The highest BCUT2D eigenvalue weighted by Gasteiger charge is 2.10. The van der Waals surface area contributed by atoms with E-state index in [9.17, 15) is 4.79 Å². The van der Waals surface area contributed by atoms with Crippen LogP contribution in [0.1, 0.15) is 28.4 Å². The average Bonchev–Trinajstić information content (AvgIpc) is 2.36. The molecule has 3 heteroatoms. The van der Waals surface area contributed by atoms with E-state index >= 15 is 0 Å². The number of benzene rings is 2. The molecule has 2 nitrogen and oxygen atoms in total. The maximum Gasteiger partial charge on any atom is 0.159 e. The maximum atomic E-state index is 11.4. The molecule has 0 amide bonds. The molecule has 2 rings (SSSR count). The Bertz CT molecular complexity index is 644. The van der Waals surface area contributed by atoms with Crippen molar-refractivity contribution in [3.63, 3.8) is 0 Å². The third-order valence-electron chi connectivity index (χ3n) is 3.31. The molecular formula is C17H18BrNO. The Morgan fingerprint density at radius 3 is 2.15 bits per heavy atom. The van der Waals surface area contributed by atoms with E-state index in [1.54, 1.807) is 6.92 Å². The minimum Gasteiger partial charge on any atom is -0.344 e. The number of nitrogens with zero attached hydrogens (tertiary/aromatic N) is 1. The Morgan fingerprint density at radius 2 is 1.65 bits per heavy atom. The quantitative estimate of drug-likeness (QED) is 0.734. The third-order valence-corrected chi connectivity index (χ3v) is 3.94. The number of carbonyl (C=O) groups is 1. The van der Waals surface area contributed by atoms with Crippen LogP contribution >= 0.6 is 15.9 Å². The first-order valence-corrected chi connectivity index (χ1v) is 7.30. The Hall–Kier alpha value is -1.61. The van der Waals surface area contributed by atoms with Crippen LogP contribution in [0.2, 0.25) is 0 Å². The van der Waals surface area contributed by atoms with Gasteiger partial charge in [0.1, 0.15) is 0 Å². The lowest BCUT2D eigenvalue weighted by molar-refractivity contribution is 0.101. The fourth-order valence-corrected chi connectivity index (χ4v) is 2.93. The van der Waals surface area contributed by atoms with Gasteiger partial charge in [-0.2, -0.15) is 0 Å². The van der Waals surface area contributed by atoms with Crippen LogP contribution in [-0.4, -0.2) is 12.8 Å². The van der Waals surface area contributed by atoms with Crippen molar-refractivity contribution in [2.75, 3.05) is 11.9 Å². The highest BCUT2D eigenvalue weighted by atomic mass is 79.9. The molecule has 0 heterocycles. The van der Waals surface area contributed by atoms with Crippen molar-refractivity contribution in [2.24, 2.45) is 0 Å². The molecule has 0 bridgehead atoms. The molecule has 0 atom stereocenters. The minimum absolute atomic E-state index is 0.0753. The summed E-state index contributed by atoms with van der Waals surface area (Å²) in [5.74, 6) is 0.0753. The van der Waals surface area contributed by atoms with Crippen molar-refractivity contribution in [3.05, 3.63) is 57.6 Å². The van der Waals surface area contributed by atoms with Gasteiger partial charge in [0.2, 0.25) is 0 Å². The Kier molecular flexibility index (Phi) is 4.29. The molecule has 0 radical (unpaired) electrons. The summed E-state index contributed by atoms with van der Waals surface area (Å²) in [6.07, 6.45) is 0. The zero-order valence-corrected chi connectivity index (χ0v) is 13.8. The van der Waals surface area contributed by atoms with Gasteiger partial charge in [-0.25, -0.2) is 0 Å². The molecule has 0 saturated heterocycles. The summed E-state index contributed by atoms with van der Waals surface area (Å²) in [7, 11) is 2.03. The summed E-state index contributed by atoms with van der Waals surface area (Å²) >= 11 is 3.56. The number of rotatable bonds is 3. The van der Waals surface area contributed by atoms with E-state index in [1.165, 1.54) is 11.1 Å². The number of ketones is 1. The highest BCUT2D eigenvalue weighted by molar-refractivity contribution is 9.10. The van der Waals surface area contributed by atoms with Crippen LogP contribution in [-0.2, 0) is 0 Å². The van der Waals surface area contributed by atoms with E-state index in [0.29, 0.717) is 0 Å². The predicted octanol–water partition coefficient (Wildman–Crippen LogP) is 5.04. The van der Waals surface area contributed by atoms with E-state index in [2.05, 4.69) is 52.9 Å². The predicted molar refractivity (Wildman–Crippen MR) is 88.1 cm³/mol. The summed E-state index contributed by atoms with van der Waals surface area (Å²) < 4.78 is 0.923. The summed E-state index contributed by atoms with van der Waals surface area (Å²) in [6.45, 7) is 5.77. The first kappa shape index (κ1) is 14.8. The molecule has 0 spiro atoms. The summed E-state index contributed by atoms with van der Waals surface area (Å²) in [5.41, 5.74) is 5.37. The molecule has 2 aromatic carbocycles. The number of carbonyl (C=O) groups excluding carboxylic acids is 1. The van der Waals surface area contributed by atoms with Gasteiger partial charge in [-0.05, 0) is 78.2 Å². The third kappa shape index (κ3) is 3.10. The zero-order chi connectivity index (χ0) is 14.9. The molecule has 0 aliphatic heterocycles. The first-order chi connectivity index (χ1) is 9.38. The molecule has 2 aromatic rings. The lowest BCUT2D eigenvalue weighted by Gasteiger charge is -2.22. The summed E-state index contributed by atoms with van der Waals surface area (Å²) in [5, 5.41) is 0. The Balaban J connectivity index is 2.42. The second kappa shape index (κ2) is 5.80. The number of anilines is 2. The minimum atomic E-state index is 0.0753.